The van der Waals surface area contributed by atoms with Crippen LogP contribution in [-0.2, 0) is 26.5 Å². The van der Waals surface area contributed by atoms with Gasteiger partial charge in [-0.3, -0.25) is 4.98 Å². The average molecular weight is 1080 g/mol. The average Bonchev–Trinajstić information content (AvgIpc) is 4.03. The summed E-state index contributed by atoms with van der Waals surface area (Å²) < 4.78 is 24.4. The number of aromatic nitrogens is 3. The Kier molecular flexibility index (Phi) is 11.3. The third-order valence-electron chi connectivity index (χ3n) is 12.2. The van der Waals surface area contributed by atoms with Crippen molar-refractivity contribution >= 4 is 50.6 Å². The van der Waals surface area contributed by atoms with Crippen LogP contribution in [0.5, 0.6) is 0 Å². The molecule has 8 aromatic carbocycles. The van der Waals surface area contributed by atoms with Crippen molar-refractivity contribution in [2.24, 2.45) is 0 Å². The first kappa shape index (κ1) is 42.3. The largest absolute Gasteiger partial charge is 0 e. The summed E-state index contributed by atoms with van der Waals surface area (Å²) in [5.74, 6) is 7.72. The van der Waals surface area contributed by atoms with Gasteiger partial charge in [0.15, 0.2) is 0 Å². The fourth-order valence-electron chi connectivity index (χ4n) is 8.95. The molecule has 3 aromatic heterocycles. The van der Waals surface area contributed by atoms with E-state index >= 15 is 0 Å². The molecular formula is C58H42FGeIrN3O-2. The molecule has 0 saturated carbocycles. The van der Waals surface area contributed by atoms with Crippen LogP contribution in [0.4, 0.5) is 4.39 Å². The summed E-state index contributed by atoms with van der Waals surface area (Å²) in [6, 6.07) is 68.2. The van der Waals surface area contributed by atoms with Gasteiger partial charge >= 0.3 is 99.8 Å². The second kappa shape index (κ2) is 17.4. The molecule has 7 heteroatoms. The number of furan rings is 1. The Hall–Kier alpha value is -6.70. The van der Waals surface area contributed by atoms with E-state index in [0.717, 1.165) is 107 Å². The van der Waals surface area contributed by atoms with Gasteiger partial charge in [0, 0.05) is 36.7 Å². The van der Waals surface area contributed by atoms with E-state index in [1.54, 1.807) is 12.1 Å². The quantitative estimate of drug-likeness (QED) is 0.123. The maximum Gasteiger partial charge on any atom is 0 e. The molecular weight excluding hydrogens is 1040 g/mol. The second-order valence-electron chi connectivity index (χ2n) is 17.4. The van der Waals surface area contributed by atoms with Gasteiger partial charge in [-0.15, -0.1) is 18.2 Å². The van der Waals surface area contributed by atoms with E-state index in [1.165, 1.54) is 9.96 Å². The minimum absolute atomic E-state index is 0. The van der Waals surface area contributed by atoms with Crippen molar-refractivity contribution in [2.75, 3.05) is 0 Å². The van der Waals surface area contributed by atoms with Crippen molar-refractivity contribution in [1.29, 1.82) is 0 Å². The molecule has 0 atom stereocenters. The van der Waals surface area contributed by atoms with Crippen molar-refractivity contribution < 1.29 is 28.9 Å². The van der Waals surface area contributed by atoms with Gasteiger partial charge in [0.05, 0.1) is 22.4 Å². The van der Waals surface area contributed by atoms with Gasteiger partial charge in [0.25, 0.3) is 0 Å². The number of para-hydroxylation sites is 3. The van der Waals surface area contributed by atoms with Crippen molar-refractivity contribution in [3.63, 3.8) is 0 Å². The Balaban J connectivity index is 0.000000249. The first-order valence-corrected chi connectivity index (χ1v) is 29.0. The number of benzene rings is 8. The number of hydrogen-bond donors (Lipinski definition) is 0. The molecule has 4 nitrogen and oxygen atoms in total. The molecule has 12 rings (SSSR count). The van der Waals surface area contributed by atoms with Crippen LogP contribution in [-0.4, -0.2) is 27.8 Å². The Labute approximate surface area is 394 Å². The van der Waals surface area contributed by atoms with Gasteiger partial charge in [-0.1, -0.05) is 108 Å². The number of rotatable bonds is 6. The Bertz CT molecular complexity index is 3520. The van der Waals surface area contributed by atoms with Gasteiger partial charge in [0.1, 0.15) is 11.4 Å². The molecule has 1 aliphatic rings. The van der Waals surface area contributed by atoms with E-state index in [2.05, 4.69) is 160 Å². The zero-order valence-electron chi connectivity index (χ0n) is 36.1. The predicted octanol–water partition coefficient (Wildman–Crippen LogP) is 14.5. The van der Waals surface area contributed by atoms with Crippen LogP contribution in [0, 0.1) is 17.9 Å². The van der Waals surface area contributed by atoms with Crippen LogP contribution in [0.3, 0.4) is 0 Å². The molecule has 0 saturated heterocycles. The molecule has 0 aliphatic heterocycles. The zero-order chi connectivity index (χ0) is 43.4. The third kappa shape index (κ3) is 7.97. The van der Waals surface area contributed by atoms with Crippen LogP contribution in [0.1, 0.15) is 11.1 Å². The first-order valence-electron chi connectivity index (χ1n) is 21.6. The molecule has 65 heavy (non-hydrogen) atoms. The van der Waals surface area contributed by atoms with Crippen molar-refractivity contribution in [1.82, 2.24) is 14.5 Å². The van der Waals surface area contributed by atoms with E-state index in [1.807, 2.05) is 54.7 Å². The summed E-state index contributed by atoms with van der Waals surface area (Å²) in [4.78, 5) is 9.71. The molecule has 1 radical (unpaired) electrons. The van der Waals surface area contributed by atoms with Crippen molar-refractivity contribution in [3.8, 4) is 61.7 Å². The fourth-order valence-corrected chi connectivity index (χ4v) is 11.1. The Morgan fingerprint density at radius 2 is 1.40 bits per heavy atom. The minimum atomic E-state index is -1.72. The molecule has 0 fully saturated rings. The maximum atomic E-state index is 14.0. The standard InChI is InChI=1S/C44H26FN2O.C14H16GeN.Ir/c45-32-20-17-30-24-31-23-28(18-21-33(31)38(30)26-32)29-19-22-35-36-12-8-13-37(43(36)48-42(35)25-29)44-46-39-14-5-7-16-41(39)47(44)40-15-6-4-11-34(40)27-9-2-1-3-10-27;1-15(2,3)13-9-10-14(16-11-13)12-7-5-4-6-8-12;/h1-12,14-23,25-26H,24H2;4-7,9-11H,1-3H3;/q2*-1;. The van der Waals surface area contributed by atoms with E-state index in [9.17, 15) is 4.39 Å². The summed E-state index contributed by atoms with van der Waals surface area (Å²) in [5, 5.41) is 2.06. The number of hydrogen-bond acceptors (Lipinski definition) is 3. The summed E-state index contributed by atoms with van der Waals surface area (Å²) in [6.45, 7) is 0. The SMILES string of the molecule is Fc1ccc2c(c1)-c1ccc(-c3ccc4c(c3)oc3c(-c5nc6ccccc6n5-c5ccccc5-c5ccccc5)[c-]ccc34)cc1C2.[CH3][Ge]([CH3])([CH3])[c]1ccc(-c2[c-]cccc2)nc1.[Ir]. The molecule has 0 unspecified atom stereocenters. The predicted molar refractivity (Wildman–Crippen MR) is 263 cm³/mol. The fraction of sp³-hybridized carbons (Fsp3) is 0.0690. The Morgan fingerprint density at radius 1 is 0.615 bits per heavy atom. The maximum absolute atomic E-state index is 14.0. The van der Waals surface area contributed by atoms with Crippen LogP contribution in [0.25, 0.3) is 94.7 Å². The van der Waals surface area contributed by atoms with Gasteiger partial charge in [-0.2, -0.15) is 0 Å². The normalized spacial score (nSPS) is 11.8. The molecule has 0 amide bonds. The first-order chi connectivity index (χ1) is 31.3. The van der Waals surface area contributed by atoms with Crippen LogP contribution in [0.2, 0.25) is 17.3 Å². The van der Waals surface area contributed by atoms with Crippen LogP contribution >= 0.6 is 0 Å². The van der Waals surface area contributed by atoms with Crippen LogP contribution < -0.4 is 4.40 Å². The Morgan fingerprint density at radius 3 is 2.22 bits per heavy atom. The number of nitrogens with zero attached hydrogens (tertiary/aromatic N) is 3. The zero-order valence-corrected chi connectivity index (χ0v) is 40.6. The van der Waals surface area contributed by atoms with E-state index in [-0.39, 0.29) is 25.9 Å². The number of halogens is 1. The molecule has 11 aromatic rings. The number of imidazole rings is 1. The summed E-state index contributed by atoms with van der Waals surface area (Å²) in [5.41, 5.74) is 16.3. The molecule has 0 spiro atoms. The monoisotopic (exact) mass is 1080 g/mol. The minimum Gasteiger partial charge on any atom is 0 e. The van der Waals surface area contributed by atoms with E-state index < -0.39 is 13.3 Å². The van der Waals surface area contributed by atoms with Crippen LogP contribution in [0.15, 0.2) is 193 Å². The summed E-state index contributed by atoms with van der Waals surface area (Å²) >= 11 is -1.72. The molecule has 317 valence electrons. The molecule has 3 heterocycles. The van der Waals surface area contributed by atoms with Gasteiger partial charge in [0.2, 0.25) is 0 Å². The number of fused-ring (bicyclic) bond motifs is 7. The topological polar surface area (TPSA) is 43.9 Å². The number of pyridine rings is 1. The molecule has 0 bridgehead atoms. The van der Waals surface area contributed by atoms with Crippen molar-refractivity contribution in [3.05, 3.63) is 217 Å². The third-order valence-corrected chi connectivity index (χ3v) is 16.5. The van der Waals surface area contributed by atoms with E-state index in [4.69, 9.17) is 9.40 Å². The smallest absolute Gasteiger partial charge is 0 e. The van der Waals surface area contributed by atoms with Gasteiger partial charge in [-0.05, 0) is 81.8 Å². The summed E-state index contributed by atoms with van der Waals surface area (Å²) in [7, 11) is 0. The summed E-state index contributed by atoms with van der Waals surface area (Å²) in [6.07, 6.45) is 2.84. The molecule has 1 aliphatic carbocycles. The van der Waals surface area contributed by atoms with E-state index in [0.29, 0.717) is 0 Å². The second-order valence-corrected chi connectivity index (χ2v) is 28.0. The van der Waals surface area contributed by atoms with Gasteiger partial charge < -0.3 is 8.98 Å². The van der Waals surface area contributed by atoms with Crippen molar-refractivity contribution in [2.45, 2.75) is 23.7 Å². The van der Waals surface area contributed by atoms with Gasteiger partial charge in [-0.25, -0.2) is 4.39 Å². The molecule has 0 N–H and O–H groups in total.